The lowest BCUT2D eigenvalue weighted by Gasteiger charge is -2.06. The van der Waals surface area contributed by atoms with Gasteiger partial charge < -0.3 is 0 Å². The monoisotopic (exact) mass is 252 g/mol. The highest BCUT2D eigenvalue weighted by molar-refractivity contribution is 5.80. The van der Waals surface area contributed by atoms with Crippen molar-refractivity contribution in [3.05, 3.63) is 35.4 Å². The van der Waals surface area contributed by atoms with E-state index in [9.17, 15) is 26.7 Å². The van der Waals surface area contributed by atoms with E-state index in [0.717, 1.165) is 18.2 Å². The maximum Gasteiger partial charge on any atom is 0.389 e. The summed E-state index contributed by atoms with van der Waals surface area (Å²) in [4.78, 5) is 11.1. The van der Waals surface area contributed by atoms with Crippen molar-refractivity contribution in [2.75, 3.05) is 0 Å². The van der Waals surface area contributed by atoms with Gasteiger partial charge in [-0.2, -0.15) is 13.2 Å². The number of carbonyl (C=O) groups is 1. The first-order chi connectivity index (χ1) is 7.79. The first kappa shape index (κ1) is 13.6. The van der Waals surface area contributed by atoms with Crippen LogP contribution in [0, 0.1) is 11.6 Å². The Hall–Kier alpha value is -1.46. The summed E-state index contributed by atoms with van der Waals surface area (Å²) in [5.74, 6) is -2.69. The molecule has 1 rings (SSSR count). The number of Topliss-reactive ketones (excluding diaryl/α,β-unsaturated/α-hetero) is 1. The Morgan fingerprint density at radius 3 is 2.12 bits per heavy atom. The highest BCUT2D eigenvalue weighted by Crippen LogP contribution is 2.22. The summed E-state index contributed by atoms with van der Waals surface area (Å²) in [5, 5.41) is 0. The van der Waals surface area contributed by atoms with Crippen LogP contribution in [0.1, 0.15) is 18.4 Å². The molecule has 94 valence electrons. The molecule has 1 nitrogen and oxygen atoms in total. The Kier molecular flexibility index (Phi) is 4.20. The van der Waals surface area contributed by atoms with Crippen LogP contribution < -0.4 is 0 Å². The molecule has 0 aliphatic heterocycles. The third kappa shape index (κ3) is 4.50. The zero-order valence-corrected chi connectivity index (χ0v) is 8.65. The molecular weight excluding hydrogens is 243 g/mol. The molecule has 0 aromatic heterocycles. The van der Waals surface area contributed by atoms with Gasteiger partial charge in [0.2, 0.25) is 0 Å². The second-order valence-corrected chi connectivity index (χ2v) is 3.53. The average molecular weight is 252 g/mol. The van der Waals surface area contributed by atoms with Crippen LogP contribution in [0.5, 0.6) is 0 Å². The van der Waals surface area contributed by atoms with E-state index in [1.54, 1.807) is 0 Å². The van der Waals surface area contributed by atoms with Gasteiger partial charge in [0.25, 0.3) is 0 Å². The quantitative estimate of drug-likeness (QED) is 0.750. The zero-order chi connectivity index (χ0) is 13.1. The number of rotatable bonds is 4. The fourth-order valence-electron chi connectivity index (χ4n) is 1.27. The van der Waals surface area contributed by atoms with Gasteiger partial charge in [0.15, 0.2) is 0 Å². The topological polar surface area (TPSA) is 17.1 Å². The summed E-state index contributed by atoms with van der Waals surface area (Å²) in [7, 11) is 0. The van der Waals surface area contributed by atoms with Crippen LogP contribution in [0.15, 0.2) is 18.2 Å². The summed E-state index contributed by atoms with van der Waals surface area (Å²) >= 11 is 0. The number of hydrogen-bond acceptors (Lipinski definition) is 1. The highest BCUT2D eigenvalue weighted by Gasteiger charge is 2.28. The molecule has 0 fully saturated rings. The van der Waals surface area contributed by atoms with Gasteiger partial charge in [0, 0.05) is 18.4 Å². The maximum atomic E-state index is 13.1. The van der Waals surface area contributed by atoms with Crippen LogP contribution in [0.25, 0.3) is 0 Å². The Balaban J connectivity index is 2.63. The molecule has 1 aromatic carbocycles. The predicted molar refractivity (Wildman–Crippen MR) is 50.4 cm³/mol. The Morgan fingerprint density at radius 1 is 1.12 bits per heavy atom. The molecule has 0 bridgehead atoms. The molecule has 0 saturated carbocycles. The molecule has 0 unspecified atom stereocenters. The number of halogens is 5. The summed E-state index contributed by atoms with van der Waals surface area (Å²) in [5.41, 5.74) is -0.486. The fraction of sp³-hybridized carbons (Fsp3) is 0.364. The van der Waals surface area contributed by atoms with Crippen molar-refractivity contribution in [1.82, 2.24) is 0 Å². The van der Waals surface area contributed by atoms with E-state index >= 15 is 0 Å². The number of benzene rings is 1. The summed E-state index contributed by atoms with van der Waals surface area (Å²) in [6.07, 6.45) is -7.14. The lowest BCUT2D eigenvalue weighted by molar-refractivity contribution is -0.143. The number of hydrogen-bond donors (Lipinski definition) is 0. The minimum absolute atomic E-state index is 0.486. The van der Waals surface area contributed by atoms with Crippen LogP contribution in [0.4, 0.5) is 22.0 Å². The third-order valence-corrected chi connectivity index (χ3v) is 2.12. The van der Waals surface area contributed by atoms with E-state index in [4.69, 9.17) is 0 Å². The van der Waals surface area contributed by atoms with E-state index in [0.29, 0.717) is 0 Å². The molecule has 0 radical (unpaired) electrons. The maximum absolute atomic E-state index is 13.1. The predicted octanol–water partition coefficient (Wildman–Crippen LogP) is 3.42. The summed E-state index contributed by atoms with van der Waals surface area (Å²) in [6.45, 7) is 0. The Morgan fingerprint density at radius 2 is 1.65 bits per heavy atom. The first-order valence-electron chi connectivity index (χ1n) is 4.81. The zero-order valence-electron chi connectivity index (χ0n) is 8.65. The van der Waals surface area contributed by atoms with Gasteiger partial charge in [-0.15, -0.1) is 0 Å². The third-order valence-electron chi connectivity index (χ3n) is 2.12. The van der Waals surface area contributed by atoms with Gasteiger partial charge in [0.1, 0.15) is 17.4 Å². The lowest BCUT2D eigenvalue weighted by Crippen LogP contribution is -2.13. The number of carbonyl (C=O) groups excluding carboxylic acids is 1. The molecule has 17 heavy (non-hydrogen) atoms. The molecule has 0 N–H and O–H groups in total. The molecule has 0 spiro atoms. The van der Waals surface area contributed by atoms with E-state index in [1.807, 2.05) is 0 Å². The first-order valence-corrected chi connectivity index (χ1v) is 4.81. The smallest absolute Gasteiger partial charge is 0.299 e. The fourth-order valence-corrected chi connectivity index (χ4v) is 1.27. The number of ketones is 1. The van der Waals surface area contributed by atoms with Gasteiger partial charge >= 0.3 is 6.18 Å². The van der Waals surface area contributed by atoms with Crippen molar-refractivity contribution in [2.45, 2.75) is 25.4 Å². The normalized spacial score (nSPS) is 11.6. The van der Waals surface area contributed by atoms with Crippen LogP contribution in [0.3, 0.4) is 0 Å². The van der Waals surface area contributed by atoms with Gasteiger partial charge in [-0.05, 0) is 12.1 Å². The van der Waals surface area contributed by atoms with Gasteiger partial charge in [-0.1, -0.05) is 6.07 Å². The summed E-state index contributed by atoms with van der Waals surface area (Å²) < 4.78 is 61.6. The van der Waals surface area contributed by atoms with E-state index in [-0.39, 0.29) is 0 Å². The van der Waals surface area contributed by atoms with Crippen molar-refractivity contribution in [3.63, 3.8) is 0 Å². The highest BCUT2D eigenvalue weighted by atomic mass is 19.4. The van der Waals surface area contributed by atoms with Crippen LogP contribution in [-0.4, -0.2) is 12.0 Å². The van der Waals surface area contributed by atoms with Crippen molar-refractivity contribution in [1.29, 1.82) is 0 Å². The SMILES string of the molecule is O=C(CCC(F)(F)F)Cc1c(F)cccc1F. The van der Waals surface area contributed by atoms with Crippen molar-refractivity contribution < 1.29 is 26.7 Å². The van der Waals surface area contributed by atoms with Crippen LogP contribution in [-0.2, 0) is 11.2 Å². The average Bonchev–Trinajstić information content (AvgIpc) is 2.20. The van der Waals surface area contributed by atoms with Crippen LogP contribution in [0.2, 0.25) is 0 Å². The van der Waals surface area contributed by atoms with Crippen molar-refractivity contribution in [2.24, 2.45) is 0 Å². The van der Waals surface area contributed by atoms with Gasteiger partial charge in [-0.25, -0.2) is 8.78 Å². The molecule has 0 saturated heterocycles. The Labute approximate surface area is 94.2 Å². The second kappa shape index (κ2) is 5.25. The largest absolute Gasteiger partial charge is 0.389 e. The molecular formula is C11H9F5O. The van der Waals surface area contributed by atoms with E-state index in [2.05, 4.69) is 0 Å². The molecule has 1 aromatic rings. The second-order valence-electron chi connectivity index (χ2n) is 3.53. The molecule has 0 aliphatic rings. The minimum atomic E-state index is -4.44. The van der Waals surface area contributed by atoms with Gasteiger partial charge in [0.05, 0.1) is 6.42 Å². The lowest BCUT2D eigenvalue weighted by atomic mass is 10.0. The summed E-state index contributed by atoms with van der Waals surface area (Å²) in [6, 6.07) is 3.03. The molecule has 6 heteroatoms. The minimum Gasteiger partial charge on any atom is -0.299 e. The number of alkyl halides is 3. The van der Waals surface area contributed by atoms with Crippen LogP contribution >= 0.6 is 0 Å². The molecule has 0 atom stereocenters. The molecule has 0 amide bonds. The molecule has 0 aliphatic carbocycles. The van der Waals surface area contributed by atoms with E-state index in [1.165, 1.54) is 0 Å². The van der Waals surface area contributed by atoms with Crippen molar-refractivity contribution >= 4 is 5.78 Å². The van der Waals surface area contributed by atoms with E-state index < -0.39 is 48.4 Å². The Bertz CT molecular complexity index is 391. The van der Waals surface area contributed by atoms with Gasteiger partial charge in [-0.3, -0.25) is 4.79 Å². The standard InChI is InChI=1S/C11H9F5O/c12-9-2-1-3-10(13)8(9)6-7(17)4-5-11(14,15)16/h1-3H,4-6H2. The van der Waals surface area contributed by atoms with Crippen molar-refractivity contribution in [3.8, 4) is 0 Å². The molecule has 0 heterocycles.